The predicted octanol–water partition coefficient (Wildman–Crippen LogP) is 4.50. The molecule has 0 radical (unpaired) electrons. The highest BCUT2D eigenvalue weighted by atomic mass is 16.5. The van der Waals surface area contributed by atoms with Crippen molar-refractivity contribution in [2.24, 2.45) is 0 Å². The molecular formula is C28H31N5O3. The second kappa shape index (κ2) is 10.3. The summed E-state index contributed by atoms with van der Waals surface area (Å²) in [5.41, 5.74) is 4.92. The monoisotopic (exact) mass is 485 g/mol. The SMILES string of the molecule is CCc1nn(-c2ccccc2)c2c1CN(C(=O)NCCOC)[C@@H](c1cccc(OC)c1)c1cccn1-2. The van der Waals surface area contributed by atoms with Crippen molar-refractivity contribution in [1.29, 1.82) is 0 Å². The number of hydrogen-bond acceptors (Lipinski definition) is 4. The molecule has 1 aliphatic heterocycles. The lowest BCUT2D eigenvalue weighted by molar-refractivity contribution is 0.168. The average molecular weight is 486 g/mol. The summed E-state index contributed by atoms with van der Waals surface area (Å²) >= 11 is 0. The summed E-state index contributed by atoms with van der Waals surface area (Å²) in [5, 5.41) is 8.03. The lowest BCUT2D eigenvalue weighted by Gasteiger charge is -2.31. The van der Waals surface area contributed by atoms with Gasteiger partial charge in [-0.2, -0.15) is 5.10 Å². The number of fused-ring (bicyclic) bond motifs is 3. The van der Waals surface area contributed by atoms with Crippen LogP contribution < -0.4 is 10.1 Å². The molecule has 0 fully saturated rings. The molecule has 1 aliphatic rings. The molecule has 0 spiro atoms. The molecule has 0 saturated carbocycles. The topological polar surface area (TPSA) is 73.6 Å². The van der Waals surface area contributed by atoms with Gasteiger partial charge in [0.2, 0.25) is 0 Å². The molecule has 36 heavy (non-hydrogen) atoms. The Labute approximate surface area is 211 Å². The van der Waals surface area contributed by atoms with Gasteiger partial charge in [-0.05, 0) is 48.4 Å². The molecule has 2 amide bonds. The number of carbonyl (C=O) groups is 1. The van der Waals surface area contributed by atoms with E-state index in [1.165, 1.54) is 0 Å². The number of carbonyl (C=O) groups excluding carboxylic acids is 1. The van der Waals surface area contributed by atoms with Gasteiger partial charge < -0.3 is 24.3 Å². The van der Waals surface area contributed by atoms with Crippen molar-refractivity contribution in [3.8, 4) is 17.3 Å². The van der Waals surface area contributed by atoms with Crippen molar-refractivity contribution < 1.29 is 14.3 Å². The Balaban J connectivity index is 1.72. The third-order valence-corrected chi connectivity index (χ3v) is 6.56. The van der Waals surface area contributed by atoms with Gasteiger partial charge >= 0.3 is 6.03 Å². The molecule has 5 rings (SSSR count). The first-order valence-electron chi connectivity index (χ1n) is 12.2. The molecule has 1 atom stereocenters. The van der Waals surface area contributed by atoms with Crippen LogP contribution in [0.15, 0.2) is 72.9 Å². The summed E-state index contributed by atoms with van der Waals surface area (Å²) in [6.07, 6.45) is 2.80. The number of nitrogens with zero attached hydrogens (tertiary/aromatic N) is 4. The Morgan fingerprint density at radius 1 is 1.08 bits per heavy atom. The first kappa shape index (κ1) is 23.7. The van der Waals surface area contributed by atoms with Crippen LogP contribution in [0.25, 0.3) is 11.5 Å². The van der Waals surface area contributed by atoms with E-state index in [0.717, 1.165) is 46.2 Å². The minimum Gasteiger partial charge on any atom is -0.497 e. The number of aryl methyl sites for hydroxylation is 1. The van der Waals surface area contributed by atoms with Gasteiger partial charge in [0.25, 0.3) is 0 Å². The van der Waals surface area contributed by atoms with Crippen molar-refractivity contribution in [3.63, 3.8) is 0 Å². The molecule has 8 nitrogen and oxygen atoms in total. The highest BCUT2D eigenvalue weighted by molar-refractivity contribution is 5.76. The van der Waals surface area contributed by atoms with E-state index >= 15 is 0 Å². The summed E-state index contributed by atoms with van der Waals surface area (Å²) in [4.78, 5) is 15.6. The van der Waals surface area contributed by atoms with Crippen LogP contribution in [0.2, 0.25) is 0 Å². The molecule has 0 unspecified atom stereocenters. The maximum atomic E-state index is 13.7. The highest BCUT2D eigenvalue weighted by Gasteiger charge is 2.36. The third-order valence-electron chi connectivity index (χ3n) is 6.56. The second-order valence-electron chi connectivity index (χ2n) is 8.68. The molecule has 186 valence electrons. The Kier molecular flexibility index (Phi) is 6.77. The van der Waals surface area contributed by atoms with Crippen LogP contribution in [0.5, 0.6) is 5.75 Å². The van der Waals surface area contributed by atoms with E-state index in [1.54, 1.807) is 14.2 Å². The van der Waals surface area contributed by atoms with Crippen LogP contribution in [0.1, 0.15) is 35.5 Å². The molecule has 8 heteroatoms. The smallest absolute Gasteiger partial charge is 0.318 e. The van der Waals surface area contributed by atoms with Gasteiger partial charge in [-0.1, -0.05) is 37.3 Å². The number of benzene rings is 2. The Bertz CT molecular complexity index is 1340. The lowest BCUT2D eigenvalue weighted by Crippen LogP contribution is -2.43. The van der Waals surface area contributed by atoms with Crippen LogP contribution in [-0.2, 0) is 17.7 Å². The molecular weight excluding hydrogens is 454 g/mol. The number of amides is 2. The first-order valence-corrected chi connectivity index (χ1v) is 12.2. The first-order chi connectivity index (χ1) is 17.7. The van der Waals surface area contributed by atoms with Crippen molar-refractivity contribution in [2.75, 3.05) is 27.4 Å². The Hall–Kier alpha value is -4.04. The highest BCUT2D eigenvalue weighted by Crippen LogP contribution is 2.39. The Morgan fingerprint density at radius 2 is 1.92 bits per heavy atom. The molecule has 3 heterocycles. The fraction of sp³-hybridized carbons (Fsp3) is 0.286. The number of rotatable bonds is 7. The van der Waals surface area contributed by atoms with Gasteiger partial charge in [0.1, 0.15) is 11.6 Å². The predicted molar refractivity (Wildman–Crippen MR) is 138 cm³/mol. The third kappa shape index (κ3) is 4.24. The fourth-order valence-corrected chi connectivity index (χ4v) is 4.87. The van der Waals surface area contributed by atoms with Gasteiger partial charge in [-0.3, -0.25) is 0 Å². The molecule has 0 saturated heterocycles. The molecule has 1 N–H and O–H groups in total. The number of methoxy groups -OCH3 is 2. The number of nitrogens with one attached hydrogen (secondary N) is 1. The molecule has 0 aliphatic carbocycles. The van der Waals surface area contributed by atoms with Crippen molar-refractivity contribution in [1.82, 2.24) is 24.6 Å². The minimum atomic E-state index is -0.334. The van der Waals surface area contributed by atoms with E-state index in [1.807, 2.05) is 64.3 Å². The zero-order chi connectivity index (χ0) is 25.1. The molecule has 2 aromatic heterocycles. The summed E-state index contributed by atoms with van der Waals surface area (Å²) in [6.45, 7) is 3.38. The standard InChI is InChI=1S/C28H31N5O3/c1-4-24-23-19-32(28(34)29-15-17-35-2)26(20-10-8-13-22(18-20)36-3)25-14-9-16-31(25)27(23)33(30-24)21-11-6-5-7-12-21/h5-14,16,18,26H,4,15,17,19H2,1-3H3,(H,29,34)/t26-/m0/s1. The summed E-state index contributed by atoms with van der Waals surface area (Å²) in [5.74, 6) is 1.70. The largest absolute Gasteiger partial charge is 0.497 e. The van der Waals surface area contributed by atoms with Gasteiger partial charge in [-0.15, -0.1) is 0 Å². The summed E-state index contributed by atoms with van der Waals surface area (Å²) in [7, 11) is 3.28. The van der Waals surface area contributed by atoms with Gasteiger partial charge in [-0.25, -0.2) is 9.48 Å². The molecule has 0 bridgehead atoms. The van der Waals surface area contributed by atoms with Gasteiger partial charge in [0.15, 0.2) is 0 Å². The zero-order valence-electron chi connectivity index (χ0n) is 20.8. The lowest BCUT2D eigenvalue weighted by atomic mass is 10.0. The molecule has 2 aromatic carbocycles. The van der Waals surface area contributed by atoms with Crippen LogP contribution in [0, 0.1) is 0 Å². The second-order valence-corrected chi connectivity index (χ2v) is 8.68. The van der Waals surface area contributed by atoms with E-state index in [4.69, 9.17) is 14.6 Å². The van der Waals surface area contributed by atoms with Crippen molar-refractivity contribution >= 4 is 6.03 Å². The minimum absolute atomic E-state index is 0.157. The van der Waals surface area contributed by atoms with Crippen LogP contribution in [0.3, 0.4) is 0 Å². The maximum Gasteiger partial charge on any atom is 0.318 e. The number of ether oxygens (including phenoxy) is 2. The van der Waals surface area contributed by atoms with Gasteiger partial charge in [0, 0.05) is 25.4 Å². The van der Waals surface area contributed by atoms with Crippen LogP contribution >= 0.6 is 0 Å². The van der Waals surface area contributed by atoms with E-state index in [0.29, 0.717) is 19.7 Å². The Morgan fingerprint density at radius 3 is 2.67 bits per heavy atom. The van der Waals surface area contributed by atoms with Crippen LogP contribution in [0.4, 0.5) is 4.79 Å². The van der Waals surface area contributed by atoms with E-state index in [-0.39, 0.29) is 12.1 Å². The fourth-order valence-electron chi connectivity index (χ4n) is 4.87. The van der Waals surface area contributed by atoms with Crippen molar-refractivity contribution in [3.05, 3.63) is 95.4 Å². The quantitative estimate of drug-likeness (QED) is 0.392. The normalized spacial score (nSPS) is 14.6. The van der Waals surface area contributed by atoms with Crippen molar-refractivity contribution in [2.45, 2.75) is 25.9 Å². The number of para-hydroxylation sites is 1. The maximum absolute atomic E-state index is 13.7. The summed E-state index contributed by atoms with van der Waals surface area (Å²) < 4.78 is 14.9. The number of hydrogen-bond donors (Lipinski definition) is 1. The zero-order valence-corrected chi connectivity index (χ0v) is 20.8. The molecule has 4 aromatic rings. The van der Waals surface area contributed by atoms with Crippen LogP contribution in [-0.4, -0.2) is 52.6 Å². The average Bonchev–Trinajstić information content (AvgIpc) is 3.50. The number of urea groups is 1. The van der Waals surface area contributed by atoms with E-state index in [9.17, 15) is 4.79 Å². The summed E-state index contributed by atoms with van der Waals surface area (Å²) in [6, 6.07) is 21.6. The van der Waals surface area contributed by atoms with E-state index in [2.05, 4.69) is 35.0 Å². The number of aromatic nitrogens is 3. The van der Waals surface area contributed by atoms with Gasteiger partial charge in [0.05, 0.1) is 43.4 Å². The van der Waals surface area contributed by atoms with E-state index < -0.39 is 0 Å².